The molecule has 0 bridgehead atoms. The maximum Gasteiger partial charge on any atom is 0.255 e. The van der Waals surface area contributed by atoms with Gasteiger partial charge in [0.15, 0.2) is 0 Å². The number of rotatable bonds is 8. The first kappa shape index (κ1) is 25.6. The zero-order valence-corrected chi connectivity index (χ0v) is 21.8. The van der Waals surface area contributed by atoms with Crippen LogP contribution >= 0.6 is 0 Å². The van der Waals surface area contributed by atoms with Crippen molar-refractivity contribution in [3.05, 3.63) is 65.4 Å². The van der Waals surface area contributed by atoms with Crippen LogP contribution in [0.2, 0.25) is 0 Å². The number of carbonyl (C=O) groups is 1. The van der Waals surface area contributed by atoms with E-state index in [0.717, 1.165) is 85.1 Å². The van der Waals surface area contributed by atoms with E-state index >= 15 is 0 Å². The number of nitrogens with one attached hydrogen (secondary N) is 2. The number of hydrogen-bond donors (Lipinski definition) is 3. The Labute approximate surface area is 218 Å². The number of aromatic nitrogens is 1. The highest BCUT2D eigenvalue weighted by Gasteiger charge is 2.28. The number of aryl methyl sites for hydroxylation is 1. The fourth-order valence-electron chi connectivity index (χ4n) is 5.19. The summed E-state index contributed by atoms with van der Waals surface area (Å²) in [6.07, 6.45) is 7.83. The third-order valence-corrected chi connectivity index (χ3v) is 7.64. The number of carbonyl (C=O) groups excluding carboxylic acids is 1. The minimum atomic E-state index is -0.518. The first-order valence-corrected chi connectivity index (χ1v) is 13.4. The van der Waals surface area contributed by atoms with E-state index in [-0.39, 0.29) is 12.0 Å². The zero-order chi connectivity index (χ0) is 25.8. The van der Waals surface area contributed by atoms with Crippen molar-refractivity contribution < 1.29 is 19.4 Å². The van der Waals surface area contributed by atoms with E-state index in [1.54, 1.807) is 12.1 Å². The topological polar surface area (TPSA) is 92.7 Å². The molecule has 5 rings (SSSR count). The third kappa shape index (κ3) is 6.47. The van der Waals surface area contributed by atoms with Crippen LogP contribution in [0.1, 0.15) is 66.9 Å². The van der Waals surface area contributed by atoms with E-state index in [2.05, 4.69) is 16.7 Å². The summed E-state index contributed by atoms with van der Waals surface area (Å²) in [4.78, 5) is 17.6. The normalized spacial score (nSPS) is 23.8. The van der Waals surface area contributed by atoms with Gasteiger partial charge in [-0.05, 0) is 99.9 Å². The molecule has 1 aliphatic carbocycles. The molecule has 0 spiro atoms. The summed E-state index contributed by atoms with van der Waals surface area (Å²) in [5, 5.41) is 17.9. The van der Waals surface area contributed by atoms with Crippen molar-refractivity contribution in [2.24, 2.45) is 0 Å². The van der Waals surface area contributed by atoms with Gasteiger partial charge in [0.2, 0.25) is 0 Å². The van der Waals surface area contributed by atoms with Gasteiger partial charge in [-0.2, -0.15) is 0 Å². The van der Waals surface area contributed by atoms with E-state index in [4.69, 9.17) is 14.5 Å². The monoisotopic (exact) mass is 503 g/mol. The van der Waals surface area contributed by atoms with Crippen molar-refractivity contribution in [3.8, 4) is 5.75 Å². The third-order valence-electron chi connectivity index (χ3n) is 7.64. The summed E-state index contributed by atoms with van der Waals surface area (Å²) in [5.74, 6) is 0.569. The fourth-order valence-corrected chi connectivity index (χ4v) is 5.19. The SMILES string of the molecule is Cc1c(NC(=O)c2ccc(OC[C@H]3CCCO3)cc2)ccc2cc(CNC3CCC(C)(O)CC3)cnc12. The van der Waals surface area contributed by atoms with Crippen molar-refractivity contribution in [2.75, 3.05) is 18.5 Å². The van der Waals surface area contributed by atoms with Crippen molar-refractivity contribution in [1.82, 2.24) is 10.3 Å². The number of benzene rings is 2. The molecule has 0 unspecified atom stereocenters. The van der Waals surface area contributed by atoms with Crippen LogP contribution in [0.15, 0.2) is 48.7 Å². The summed E-state index contributed by atoms with van der Waals surface area (Å²) >= 11 is 0. The Morgan fingerprint density at radius 2 is 1.95 bits per heavy atom. The first-order chi connectivity index (χ1) is 17.9. The van der Waals surface area contributed by atoms with E-state index < -0.39 is 5.60 Å². The number of pyridine rings is 1. The highest BCUT2D eigenvalue weighted by Crippen LogP contribution is 2.28. The molecule has 1 atom stereocenters. The van der Waals surface area contributed by atoms with Crippen molar-refractivity contribution >= 4 is 22.5 Å². The summed E-state index contributed by atoms with van der Waals surface area (Å²) in [7, 11) is 0. The second-order valence-corrected chi connectivity index (χ2v) is 10.7. The molecule has 7 nitrogen and oxygen atoms in total. The van der Waals surface area contributed by atoms with Crippen LogP contribution in [0.5, 0.6) is 5.75 Å². The van der Waals surface area contributed by atoms with Gasteiger partial charge in [-0.25, -0.2) is 0 Å². The molecule has 1 aromatic heterocycles. The molecule has 0 radical (unpaired) electrons. The minimum Gasteiger partial charge on any atom is -0.491 e. The summed E-state index contributed by atoms with van der Waals surface area (Å²) in [6, 6.07) is 13.7. The van der Waals surface area contributed by atoms with Crippen LogP contribution in [-0.2, 0) is 11.3 Å². The predicted octanol–water partition coefficient (Wildman–Crippen LogP) is 5.14. The summed E-state index contributed by atoms with van der Waals surface area (Å²) < 4.78 is 11.4. The molecule has 2 heterocycles. The standard InChI is InChI=1S/C30H37N3O4/c1-20-27(33-29(34)22-5-8-25(9-6-22)37-19-26-4-3-15-36-26)10-7-23-16-21(18-32-28(20)23)17-31-24-11-13-30(2,35)14-12-24/h5-10,16,18,24,26,31,35H,3-4,11-15,17,19H2,1-2H3,(H,33,34)/t24?,26-,30?/m1/s1. The molecule has 7 heteroatoms. The van der Waals surface area contributed by atoms with Crippen LogP contribution in [0.25, 0.3) is 10.9 Å². The minimum absolute atomic E-state index is 0.162. The lowest BCUT2D eigenvalue weighted by molar-refractivity contribution is 0.0140. The molecule has 2 aliphatic rings. The Morgan fingerprint density at radius 3 is 2.68 bits per heavy atom. The average molecular weight is 504 g/mol. The second kappa shape index (κ2) is 11.2. The van der Waals surface area contributed by atoms with Gasteiger partial charge in [0.1, 0.15) is 12.4 Å². The predicted molar refractivity (Wildman–Crippen MR) is 145 cm³/mol. The molecule has 1 amide bonds. The van der Waals surface area contributed by atoms with Crippen molar-refractivity contribution in [2.45, 2.75) is 76.7 Å². The quantitative estimate of drug-likeness (QED) is 0.394. The van der Waals surface area contributed by atoms with Crippen molar-refractivity contribution in [1.29, 1.82) is 0 Å². The summed E-state index contributed by atoms with van der Waals surface area (Å²) in [5.41, 5.74) is 3.76. The van der Waals surface area contributed by atoms with Gasteiger partial charge in [0, 0.05) is 42.0 Å². The van der Waals surface area contributed by atoms with E-state index in [1.165, 1.54) is 0 Å². The van der Waals surface area contributed by atoms with Gasteiger partial charge < -0.3 is 25.2 Å². The largest absolute Gasteiger partial charge is 0.491 e. The Bertz CT molecular complexity index is 1230. The number of anilines is 1. The van der Waals surface area contributed by atoms with Crippen LogP contribution in [-0.4, -0.2) is 47.0 Å². The maximum atomic E-state index is 12.9. The Hall–Kier alpha value is -3.00. The molecule has 1 saturated heterocycles. The Morgan fingerprint density at radius 1 is 1.16 bits per heavy atom. The number of aliphatic hydroxyl groups is 1. The molecule has 2 fully saturated rings. The fraction of sp³-hybridized carbons (Fsp3) is 0.467. The van der Waals surface area contributed by atoms with Gasteiger partial charge in [-0.1, -0.05) is 6.07 Å². The van der Waals surface area contributed by atoms with Crippen molar-refractivity contribution in [3.63, 3.8) is 0 Å². The van der Waals surface area contributed by atoms with Gasteiger partial charge in [-0.3, -0.25) is 9.78 Å². The van der Waals surface area contributed by atoms with Gasteiger partial charge in [0.05, 0.1) is 17.2 Å². The molecule has 3 aromatic rings. The molecular weight excluding hydrogens is 466 g/mol. The zero-order valence-electron chi connectivity index (χ0n) is 21.8. The molecule has 37 heavy (non-hydrogen) atoms. The van der Waals surface area contributed by atoms with Gasteiger partial charge in [0.25, 0.3) is 5.91 Å². The molecule has 1 aliphatic heterocycles. The summed E-state index contributed by atoms with van der Waals surface area (Å²) in [6.45, 7) is 6.01. The number of amides is 1. The number of ether oxygens (including phenoxy) is 2. The second-order valence-electron chi connectivity index (χ2n) is 10.7. The van der Waals surface area contributed by atoms with Crippen LogP contribution < -0.4 is 15.4 Å². The Balaban J connectivity index is 1.18. The molecule has 196 valence electrons. The van der Waals surface area contributed by atoms with Gasteiger partial charge in [-0.15, -0.1) is 0 Å². The van der Waals surface area contributed by atoms with Crippen LogP contribution in [0.3, 0.4) is 0 Å². The molecule has 2 aromatic carbocycles. The molecule has 1 saturated carbocycles. The molecule has 3 N–H and O–H groups in total. The van der Waals surface area contributed by atoms with Gasteiger partial charge >= 0.3 is 0 Å². The average Bonchev–Trinajstić information content (AvgIpc) is 3.42. The number of hydrogen-bond acceptors (Lipinski definition) is 6. The number of fused-ring (bicyclic) bond motifs is 1. The maximum absolute atomic E-state index is 12.9. The smallest absolute Gasteiger partial charge is 0.255 e. The number of nitrogens with zero attached hydrogens (tertiary/aromatic N) is 1. The lowest BCUT2D eigenvalue weighted by atomic mass is 9.83. The lowest BCUT2D eigenvalue weighted by Gasteiger charge is -2.33. The lowest BCUT2D eigenvalue weighted by Crippen LogP contribution is -2.39. The molecular formula is C30H37N3O4. The van der Waals surface area contributed by atoms with Crippen LogP contribution in [0.4, 0.5) is 5.69 Å². The van der Waals surface area contributed by atoms with E-state index in [1.807, 2.05) is 44.3 Å². The highest BCUT2D eigenvalue weighted by molar-refractivity contribution is 6.06. The first-order valence-electron chi connectivity index (χ1n) is 13.4. The highest BCUT2D eigenvalue weighted by atomic mass is 16.5. The van der Waals surface area contributed by atoms with E-state index in [9.17, 15) is 9.90 Å². The Kier molecular flexibility index (Phi) is 7.74. The van der Waals surface area contributed by atoms with E-state index in [0.29, 0.717) is 18.2 Å². The van der Waals surface area contributed by atoms with Crippen LogP contribution in [0, 0.1) is 6.92 Å².